The molecule has 3 heterocycles. The molecule has 6 heteroatoms. The van der Waals surface area contributed by atoms with E-state index >= 15 is 0 Å². The first-order valence-electron chi connectivity index (χ1n) is 7.84. The molecule has 3 aliphatic rings. The lowest BCUT2D eigenvalue weighted by Crippen LogP contribution is -2.46. The summed E-state index contributed by atoms with van der Waals surface area (Å²) in [5, 5.41) is 7.98. The number of hydrogen-bond acceptors (Lipinski definition) is 3. The van der Waals surface area contributed by atoms with E-state index in [2.05, 4.69) is 26.2 Å². The lowest BCUT2D eigenvalue weighted by atomic mass is 9.93. The van der Waals surface area contributed by atoms with Gasteiger partial charge in [-0.2, -0.15) is 5.10 Å². The van der Waals surface area contributed by atoms with E-state index in [9.17, 15) is 0 Å². The van der Waals surface area contributed by atoms with E-state index in [0.29, 0.717) is 6.04 Å². The molecule has 1 aliphatic carbocycles. The molecule has 3 atom stereocenters. The third-order valence-electron chi connectivity index (χ3n) is 5.16. The Balaban J connectivity index is 0.000000807. The third-order valence-corrected chi connectivity index (χ3v) is 5.16. The van der Waals surface area contributed by atoms with Crippen LogP contribution in [0.4, 0.5) is 0 Å². The van der Waals surface area contributed by atoms with E-state index in [4.69, 9.17) is 0 Å². The van der Waals surface area contributed by atoms with Crippen molar-refractivity contribution in [2.45, 2.75) is 44.3 Å². The van der Waals surface area contributed by atoms with Crippen molar-refractivity contribution in [1.82, 2.24) is 20.0 Å². The van der Waals surface area contributed by atoms with Crippen molar-refractivity contribution in [3.63, 3.8) is 0 Å². The van der Waals surface area contributed by atoms with Crippen LogP contribution in [0, 0.1) is 11.8 Å². The molecule has 2 saturated heterocycles. The predicted octanol–water partition coefficient (Wildman–Crippen LogP) is 2.19. The van der Waals surface area contributed by atoms with Crippen LogP contribution >= 0.6 is 24.8 Å². The Bertz CT molecular complexity index is 421. The summed E-state index contributed by atoms with van der Waals surface area (Å²) < 4.78 is 2.12. The van der Waals surface area contributed by atoms with Gasteiger partial charge in [-0.05, 0) is 56.7 Å². The zero-order valence-corrected chi connectivity index (χ0v) is 14.0. The lowest BCUT2D eigenvalue weighted by molar-refractivity contribution is 0.139. The first-order valence-corrected chi connectivity index (χ1v) is 7.84. The Kier molecular flexibility index (Phi) is 5.95. The topological polar surface area (TPSA) is 33.1 Å². The first-order chi connectivity index (χ1) is 9.40. The van der Waals surface area contributed by atoms with Gasteiger partial charge < -0.3 is 5.32 Å². The molecule has 3 fully saturated rings. The van der Waals surface area contributed by atoms with Crippen LogP contribution in [-0.4, -0.2) is 46.4 Å². The molecular weight excluding hydrogens is 307 g/mol. The second kappa shape index (κ2) is 7.32. The zero-order valence-electron chi connectivity index (χ0n) is 12.4. The van der Waals surface area contributed by atoms with Crippen LogP contribution in [0.15, 0.2) is 18.5 Å². The Labute approximate surface area is 139 Å². The number of rotatable bonds is 4. The highest BCUT2D eigenvalue weighted by molar-refractivity contribution is 5.85. The molecule has 1 aromatic rings. The molecular formula is C15H26Cl2N4. The number of hydrogen-bond donors (Lipinski definition) is 1. The summed E-state index contributed by atoms with van der Waals surface area (Å²) in [6, 6.07) is 3.58. The van der Waals surface area contributed by atoms with Gasteiger partial charge in [0.15, 0.2) is 0 Å². The lowest BCUT2D eigenvalue weighted by Gasteiger charge is -2.34. The van der Waals surface area contributed by atoms with E-state index < -0.39 is 0 Å². The van der Waals surface area contributed by atoms with Crippen LogP contribution < -0.4 is 5.32 Å². The SMILES string of the molecule is Cl.Cl.c1cnn(C[C@@H]2C[C@@H]3CNCC[C@@H]3N2CC2CC2)c1. The van der Waals surface area contributed by atoms with Crippen LogP contribution in [0.1, 0.15) is 25.7 Å². The van der Waals surface area contributed by atoms with Crippen LogP contribution in [0.25, 0.3) is 0 Å². The van der Waals surface area contributed by atoms with Crippen molar-refractivity contribution in [2.24, 2.45) is 11.8 Å². The minimum atomic E-state index is 0. The van der Waals surface area contributed by atoms with Gasteiger partial charge in [-0.25, -0.2) is 0 Å². The second-order valence-corrected chi connectivity index (χ2v) is 6.58. The molecule has 4 rings (SSSR count). The Hall–Kier alpha value is -0.290. The van der Waals surface area contributed by atoms with Gasteiger partial charge in [0, 0.05) is 31.0 Å². The molecule has 2 aliphatic heterocycles. The fourth-order valence-electron chi connectivity index (χ4n) is 4.03. The zero-order chi connectivity index (χ0) is 12.7. The number of piperidine rings is 1. The third kappa shape index (κ3) is 3.73. The van der Waals surface area contributed by atoms with Crippen molar-refractivity contribution in [3.8, 4) is 0 Å². The van der Waals surface area contributed by atoms with E-state index in [1.807, 2.05) is 12.3 Å². The molecule has 120 valence electrons. The number of nitrogens with zero attached hydrogens (tertiary/aromatic N) is 3. The monoisotopic (exact) mass is 332 g/mol. The quantitative estimate of drug-likeness (QED) is 0.917. The highest BCUT2D eigenvalue weighted by Crippen LogP contribution is 2.38. The fourth-order valence-corrected chi connectivity index (χ4v) is 4.03. The number of nitrogens with one attached hydrogen (secondary N) is 1. The largest absolute Gasteiger partial charge is 0.316 e. The molecule has 0 aromatic carbocycles. The van der Waals surface area contributed by atoms with Gasteiger partial charge >= 0.3 is 0 Å². The maximum atomic E-state index is 4.40. The van der Waals surface area contributed by atoms with Gasteiger partial charge in [0.25, 0.3) is 0 Å². The van der Waals surface area contributed by atoms with Gasteiger partial charge in [0.05, 0.1) is 6.54 Å². The minimum absolute atomic E-state index is 0. The van der Waals surface area contributed by atoms with Crippen molar-refractivity contribution >= 4 is 24.8 Å². The van der Waals surface area contributed by atoms with E-state index in [0.717, 1.165) is 24.4 Å². The van der Waals surface area contributed by atoms with Crippen molar-refractivity contribution in [3.05, 3.63) is 18.5 Å². The Morgan fingerprint density at radius 2 is 2.00 bits per heavy atom. The van der Waals surface area contributed by atoms with Crippen LogP contribution in [0.2, 0.25) is 0 Å². The summed E-state index contributed by atoms with van der Waals surface area (Å²) in [6.07, 6.45) is 9.61. The van der Waals surface area contributed by atoms with E-state index in [1.165, 1.54) is 45.3 Å². The van der Waals surface area contributed by atoms with Gasteiger partial charge in [0.2, 0.25) is 0 Å². The molecule has 4 nitrogen and oxygen atoms in total. The molecule has 21 heavy (non-hydrogen) atoms. The summed E-state index contributed by atoms with van der Waals surface area (Å²) in [7, 11) is 0. The summed E-state index contributed by atoms with van der Waals surface area (Å²) in [6.45, 7) is 4.85. The molecule has 0 spiro atoms. The van der Waals surface area contributed by atoms with E-state index in [1.54, 1.807) is 0 Å². The summed E-state index contributed by atoms with van der Waals surface area (Å²) in [5.74, 6) is 1.86. The molecule has 0 radical (unpaired) electrons. The average Bonchev–Trinajstić information content (AvgIpc) is 2.98. The number of fused-ring (bicyclic) bond motifs is 1. The number of halogens is 2. The van der Waals surface area contributed by atoms with Gasteiger partial charge in [-0.15, -0.1) is 24.8 Å². The first kappa shape index (κ1) is 17.1. The molecule has 1 aromatic heterocycles. The van der Waals surface area contributed by atoms with Crippen LogP contribution in [0.5, 0.6) is 0 Å². The van der Waals surface area contributed by atoms with Crippen molar-refractivity contribution in [2.75, 3.05) is 19.6 Å². The maximum absolute atomic E-state index is 4.40. The maximum Gasteiger partial charge on any atom is 0.0565 e. The highest BCUT2D eigenvalue weighted by Gasteiger charge is 2.43. The summed E-state index contributed by atoms with van der Waals surface area (Å²) >= 11 is 0. The second-order valence-electron chi connectivity index (χ2n) is 6.58. The van der Waals surface area contributed by atoms with Gasteiger partial charge in [-0.1, -0.05) is 0 Å². The smallest absolute Gasteiger partial charge is 0.0565 e. The fraction of sp³-hybridized carbons (Fsp3) is 0.800. The highest BCUT2D eigenvalue weighted by atomic mass is 35.5. The molecule has 0 amide bonds. The van der Waals surface area contributed by atoms with Gasteiger partial charge in [0.1, 0.15) is 0 Å². The number of likely N-dealkylation sites (tertiary alicyclic amines) is 1. The normalized spacial score (nSPS) is 32.1. The van der Waals surface area contributed by atoms with E-state index in [-0.39, 0.29) is 24.8 Å². The number of aromatic nitrogens is 2. The Morgan fingerprint density at radius 1 is 1.14 bits per heavy atom. The Morgan fingerprint density at radius 3 is 2.71 bits per heavy atom. The van der Waals surface area contributed by atoms with Crippen LogP contribution in [0.3, 0.4) is 0 Å². The van der Waals surface area contributed by atoms with Crippen LogP contribution in [-0.2, 0) is 6.54 Å². The van der Waals surface area contributed by atoms with Crippen molar-refractivity contribution in [1.29, 1.82) is 0 Å². The van der Waals surface area contributed by atoms with Crippen molar-refractivity contribution < 1.29 is 0 Å². The molecule has 1 N–H and O–H groups in total. The molecule has 0 bridgehead atoms. The standard InChI is InChI=1S/C15H24N4.2ClH/c1-5-17-18(7-1)11-14-8-13-9-16-6-4-15(13)19(14)10-12-2-3-12;;/h1,5,7,12-16H,2-4,6,8-11H2;2*1H/t13-,14+,15+;;/m1../s1. The minimum Gasteiger partial charge on any atom is -0.316 e. The summed E-state index contributed by atoms with van der Waals surface area (Å²) in [4.78, 5) is 2.84. The van der Waals surface area contributed by atoms with Gasteiger partial charge in [-0.3, -0.25) is 9.58 Å². The molecule has 1 saturated carbocycles. The molecule has 0 unspecified atom stereocenters. The average molecular weight is 333 g/mol. The summed E-state index contributed by atoms with van der Waals surface area (Å²) in [5.41, 5.74) is 0. The predicted molar refractivity (Wildman–Crippen MR) is 89.3 cm³/mol.